The molecule has 8 heteroatoms. The first-order chi connectivity index (χ1) is 22.7. The molecule has 0 aromatic rings. The lowest BCUT2D eigenvalue weighted by molar-refractivity contribution is -0.131. The molecule has 4 N–H and O–H groups in total. The van der Waals surface area contributed by atoms with Crippen molar-refractivity contribution >= 4 is 16.0 Å². The number of amides is 1. The zero-order valence-electron chi connectivity index (χ0n) is 30.5. The first kappa shape index (κ1) is 45.8. The minimum atomic E-state index is -4.40. The van der Waals surface area contributed by atoms with Crippen molar-refractivity contribution in [3.8, 4) is 0 Å². The Labute approximate surface area is 290 Å². The molecule has 0 saturated carbocycles. The number of nitrogens with one attached hydrogen (secondary N) is 1. The summed E-state index contributed by atoms with van der Waals surface area (Å²) in [5.41, 5.74) is 0. The fraction of sp³-hybridized carbons (Fsp3) is 0.872. The summed E-state index contributed by atoms with van der Waals surface area (Å²) in [7, 11) is -4.40. The highest BCUT2D eigenvalue weighted by Gasteiger charge is 2.28. The first-order valence-electron chi connectivity index (χ1n) is 19.6. The van der Waals surface area contributed by atoms with Crippen LogP contribution in [-0.2, 0) is 14.9 Å². The molecule has 0 rings (SSSR count). The number of unbranched alkanes of at least 4 members (excludes halogenated alkanes) is 23. The van der Waals surface area contributed by atoms with Gasteiger partial charge in [-0.1, -0.05) is 179 Å². The molecule has 47 heavy (non-hydrogen) atoms. The minimum Gasteiger partial charge on any atom is -0.391 e. The Bertz CT molecular complexity index is 860. The first-order valence-corrected chi connectivity index (χ1v) is 21.3. The van der Waals surface area contributed by atoms with Gasteiger partial charge in [0, 0.05) is 0 Å². The maximum Gasteiger partial charge on any atom is 0.266 e. The van der Waals surface area contributed by atoms with Gasteiger partial charge in [0.1, 0.15) is 6.10 Å². The van der Waals surface area contributed by atoms with Gasteiger partial charge >= 0.3 is 0 Å². The van der Waals surface area contributed by atoms with E-state index in [-0.39, 0.29) is 0 Å². The molecule has 0 aliphatic heterocycles. The molecule has 0 fully saturated rings. The molecule has 0 heterocycles. The smallest absolute Gasteiger partial charge is 0.266 e. The number of hydrogen-bond acceptors (Lipinski definition) is 5. The molecule has 0 aliphatic rings. The Morgan fingerprint density at radius 2 is 0.936 bits per heavy atom. The lowest BCUT2D eigenvalue weighted by atomic mass is 10.0. The second kappa shape index (κ2) is 33.3. The van der Waals surface area contributed by atoms with Crippen LogP contribution in [0.1, 0.15) is 194 Å². The van der Waals surface area contributed by atoms with Crippen molar-refractivity contribution in [3.05, 3.63) is 24.3 Å². The van der Waals surface area contributed by atoms with Gasteiger partial charge in [0.05, 0.1) is 17.9 Å². The zero-order chi connectivity index (χ0) is 34.9. The van der Waals surface area contributed by atoms with Crippen LogP contribution in [0, 0.1) is 0 Å². The summed E-state index contributed by atoms with van der Waals surface area (Å²) in [6.45, 7) is 4.46. The van der Waals surface area contributed by atoms with Gasteiger partial charge in [-0.05, 0) is 38.5 Å². The third-order valence-electron chi connectivity index (χ3n) is 9.04. The van der Waals surface area contributed by atoms with Gasteiger partial charge in [-0.3, -0.25) is 9.35 Å². The lowest BCUT2D eigenvalue weighted by Gasteiger charge is -2.24. The Hall–Kier alpha value is -1.22. The van der Waals surface area contributed by atoms with E-state index in [1.54, 1.807) is 0 Å². The lowest BCUT2D eigenvalue weighted by Crippen LogP contribution is -2.50. The third-order valence-corrected chi connectivity index (χ3v) is 9.82. The Morgan fingerprint density at radius 1 is 0.574 bits per heavy atom. The quantitative estimate of drug-likeness (QED) is 0.0299. The Balaban J connectivity index is 3.99. The van der Waals surface area contributed by atoms with Crippen LogP contribution in [0.25, 0.3) is 0 Å². The van der Waals surface area contributed by atoms with Crippen LogP contribution in [0.4, 0.5) is 0 Å². The molecule has 0 saturated heterocycles. The molecule has 0 aromatic carbocycles. The van der Waals surface area contributed by atoms with E-state index in [4.69, 9.17) is 0 Å². The van der Waals surface area contributed by atoms with Crippen molar-refractivity contribution in [2.75, 3.05) is 5.75 Å². The summed E-state index contributed by atoms with van der Waals surface area (Å²) in [5, 5.41) is 23.5. The Morgan fingerprint density at radius 3 is 1.38 bits per heavy atom. The van der Waals surface area contributed by atoms with Crippen LogP contribution in [0.2, 0.25) is 0 Å². The summed E-state index contributed by atoms with van der Waals surface area (Å²) in [6.07, 6.45) is 37.6. The van der Waals surface area contributed by atoms with E-state index >= 15 is 0 Å². The number of hydrogen-bond donors (Lipinski definition) is 4. The molecular weight excluding hydrogens is 610 g/mol. The average Bonchev–Trinajstić information content (AvgIpc) is 3.03. The average molecular weight is 686 g/mol. The standard InChI is InChI=1S/C39H75NO6S/c1-3-5-7-9-11-13-15-17-18-19-20-21-22-24-26-28-30-32-34-38(42)39(43)40-36(35-47(44,45)46)37(41)33-31-29-27-25-23-16-14-12-10-8-6-4-2/h11,13,15,17,36-38,41-42H,3-10,12,14,16,18-35H2,1-2H3,(H,40,43)(H,44,45,46)/b13-11-,17-15-. The van der Waals surface area contributed by atoms with Gasteiger partial charge < -0.3 is 15.5 Å². The summed E-state index contributed by atoms with van der Waals surface area (Å²) >= 11 is 0. The number of aliphatic hydroxyl groups is 2. The molecule has 0 aromatic heterocycles. The van der Waals surface area contributed by atoms with Crippen LogP contribution >= 0.6 is 0 Å². The third kappa shape index (κ3) is 33.1. The van der Waals surface area contributed by atoms with Crippen LogP contribution < -0.4 is 5.32 Å². The van der Waals surface area contributed by atoms with Gasteiger partial charge in [0.15, 0.2) is 0 Å². The predicted octanol–water partition coefficient (Wildman–Crippen LogP) is 10.2. The van der Waals surface area contributed by atoms with Gasteiger partial charge in [0.25, 0.3) is 10.1 Å². The van der Waals surface area contributed by atoms with Crippen LogP contribution in [-0.4, -0.2) is 53.1 Å². The molecule has 0 radical (unpaired) electrons. The van der Waals surface area contributed by atoms with Crippen molar-refractivity contribution in [3.63, 3.8) is 0 Å². The van der Waals surface area contributed by atoms with Gasteiger partial charge in [-0.2, -0.15) is 8.42 Å². The highest BCUT2D eigenvalue weighted by molar-refractivity contribution is 7.85. The van der Waals surface area contributed by atoms with Crippen LogP contribution in [0.3, 0.4) is 0 Å². The largest absolute Gasteiger partial charge is 0.391 e. The maximum absolute atomic E-state index is 12.6. The van der Waals surface area contributed by atoms with Crippen molar-refractivity contribution < 1.29 is 28.0 Å². The van der Waals surface area contributed by atoms with Crippen molar-refractivity contribution in [1.29, 1.82) is 0 Å². The molecule has 7 nitrogen and oxygen atoms in total. The number of aliphatic hydroxyl groups excluding tert-OH is 2. The van der Waals surface area contributed by atoms with Crippen LogP contribution in [0.5, 0.6) is 0 Å². The van der Waals surface area contributed by atoms with Crippen molar-refractivity contribution in [2.45, 2.75) is 212 Å². The SMILES string of the molecule is CCCCC/C=C\C=C/CCCCCCCCCCCC(O)C(=O)NC(CS(=O)(=O)O)C(O)CCCCCCCCCCCCCC. The fourth-order valence-corrected chi connectivity index (χ4v) is 6.74. The molecule has 1 amide bonds. The van der Waals surface area contributed by atoms with Gasteiger partial charge in [-0.15, -0.1) is 0 Å². The second-order valence-electron chi connectivity index (χ2n) is 13.7. The summed E-state index contributed by atoms with van der Waals surface area (Å²) in [4.78, 5) is 12.6. The predicted molar refractivity (Wildman–Crippen MR) is 199 cm³/mol. The van der Waals surface area contributed by atoms with E-state index < -0.39 is 40.0 Å². The highest BCUT2D eigenvalue weighted by atomic mass is 32.2. The fourth-order valence-electron chi connectivity index (χ4n) is 5.98. The maximum atomic E-state index is 12.6. The number of carbonyl (C=O) groups excluding carboxylic acids is 1. The summed E-state index contributed by atoms with van der Waals surface area (Å²) in [5.74, 6) is -1.46. The van der Waals surface area contributed by atoms with E-state index in [1.165, 1.54) is 109 Å². The van der Waals surface area contributed by atoms with Gasteiger partial charge in [0.2, 0.25) is 5.91 Å². The van der Waals surface area contributed by atoms with E-state index in [0.29, 0.717) is 25.7 Å². The topological polar surface area (TPSA) is 124 Å². The van der Waals surface area contributed by atoms with E-state index in [0.717, 1.165) is 44.9 Å². The van der Waals surface area contributed by atoms with Gasteiger partial charge in [-0.25, -0.2) is 0 Å². The molecule has 3 atom stereocenters. The van der Waals surface area contributed by atoms with Crippen LogP contribution in [0.15, 0.2) is 24.3 Å². The van der Waals surface area contributed by atoms with E-state index in [1.807, 2.05) is 0 Å². The molecular formula is C39H75NO6S. The molecule has 3 unspecified atom stereocenters. The molecule has 0 aliphatic carbocycles. The minimum absolute atomic E-state index is 0.292. The summed E-state index contributed by atoms with van der Waals surface area (Å²) in [6, 6.07) is -1.15. The monoisotopic (exact) mass is 686 g/mol. The second-order valence-corrected chi connectivity index (χ2v) is 15.2. The number of carbonyl (C=O) groups is 1. The molecule has 0 bridgehead atoms. The summed E-state index contributed by atoms with van der Waals surface area (Å²) < 4.78 is 32.5. The number of rotatable bonds is 35. The highest BCUT2D eigenvalue weighted by Crippen LogP contribution is 2.16. The van der Waals surface area contributed by atoms with Crippen molar-refractivity contribution in [2.24, 2.45) is 0 Å². The zero-order valence-corrected chi connectivity index (χ0v) is 31.3. The molecule has 0 spiro atoms. The Kier molecular flexibility index (Phi) is 32.4. The van der Waals surface area contributed by atoms with Crippen molar-refractivity contribution in [1.82, 2.24) is 5.32 Å². The normalized spacial score (nSPS) is 14.2. The molecule has 278 valence electrons. The number of allylic oxidation sites excluding steroid dienone is 4. The van der Waals surface area contributed by atoms with E-state index in [9.17, 15) is 28.0 Å². The van der Waals surface area contributed by atoms with E-state index in [2.05, 4.69) is 43.5 Å².